The molecule has 2 atom stereocenters. The Morgan fingerprint density at radius 2 is 1.94 bits per heavy atom. The molecule has 1 saturated heterocycles. The number of rotatable bonds is 2. The van der Waals surface area contributed by atoms with Crippen LogP contribution in [-0.2, 0) is 0 Å². The highest BCUT2D eigenvalue weighted by atomic mass is 35.5. The fraction of sp³-hybridized carbons (Fsp3) is 0.846. The molecule has 92 valence electrons. The molecule has 1 aliphatic heterocycles. The van der Waals surface area contributed by atoms with Crippen molar-refractivity contribution in [1.29, 1.82) is 0 Å². The molecule has 2 rings (SSSR count). The van der Waals surface area contributed by atoms with E-state index < -0.39 is 0 Å². The van der Waals surface area contributed by atoms with Crippen LogP contribution in [0.2, 0.25) is 0 Å². The van der Waals surface area contributed by atoms with Gasteiger partial charge >= 0.3 is 0 Å². The summed E-state index contributed by atoms with van der Waals surface area (Å²) in [7, 11) is 2.20. The first-order valence-corrected chi connectivity index (χ1v) is 6.81. The number of halogens is 1. The normalized spacial score (nSPS) is 34.2. The van der Waals surface area contributed by atoms with E-state index in [1.807, 2.05) is 0 Å². The number of hydrogen-bond acceptors (Lipinski definition) is 2. The van der Waals surface area contributed by atoms with E-state index in [0.29, 0.717) is 11.3 Å². The van der Waals surface area contributed by atoms with Gasteiger partial charge in [-0.2, -0.15) is 0 Å². The highest BCUT2D eigenvalue weighted by Gasteiger charge is 2.25. The molecule has 16 heavy (non-hydrogen) atoms. The van der Waals surface area contributed by atoms with Crippen LogP contribution in [0.1, 0.15) is 19.3 Å². The smallest absolute Gasteiger partial charge is 0.0373 e. The van der Waals surface area contributed by atoms with Gasteiger partial charge < -0.3 is 9.80 Å². The molecule has 0 spiro atoms. The maximum atomic E-state index is 6.16. The van der Waals surface area contributed by atoms with Crippen molar-refractivity contribution < 1.29 is 0 Å². The van der Waals surface area contributed by atoms with E-state index in [2.05, 4.69) is 23.4 Å². The van der Waals surface area contributed by atoms with Crippen molar-refractivity contribution >= 4 is 11.6 Å². The maximum Gasteiger partial charge on any atom is 0.0373 e. The first-order valence-electron chi connectivity index (χ1n) is 6.38. The largest absolute Gasteiger partial charge is 0.304 e. The standard InChI is InChI=1S/C13H23ClN2/c1-11-9-13(14)4-3-12(11)10-16-7-5-15(2)6-8-16/h12-13H,1,3-10H2,2H3. The van der Waals surface area contributed by atoms with Gasteiger partial charge in [0.2, 0.25) is 0 Å². The lowest BCUT2D eigenvalue weighted by atomic mass is 9.84. The first-order chi connectivity index (χ1) is 7.65. The zero-order valence-electron chi connectivity index (χ0n) is 10.3. The van der Waals surface area contributed by atoms with Crippen LogP contribution in [0.4, 0.5) is 0 Å². The Morgan fingerprint density at radius 3 is 2.56 bits per heavy atom. The zero-order valence-corrected chi connectivity index (χ0v) is 11.0. The topological polar surface area (TPSA) is 6.48 Å². The second-order valence-corrected chi connectivity index (χ2v) is 5.96. The summed E-state index contributed by atoms with van der Waals surface area (Å²) in [5.41, 5.74) is 1.38. The van der Waals surface area contributed by atoms with E-state index >= 15 is 0 Å². The van der Waals surface area contributed by atoms with Gasteiger partial charge in [-0.25, -0.2) is 0 Å². The molecule has 0 N–H and O–H groups in total. The van der Waals surface area contributed by atoms with Crippen molar-refractivity contribution in [2.24, 2.45) is 5.92 Å². The Bertz CT molecular complexity index is 246. The lowest BCUT2D eigenvalue weighted by Crippen LogP contribution is -2.46. The maximum absolute atomic E-state index is 6.16. The van der Waals surface area contributed by atoms with Crippen molar-refractivity contribution in [2.45, 2.75) is 24.6 Å². The zero-order chi connectivity index (χ0) is 11.5. The minimum atomic E-state index is 0.344. The molecule has 0 aromatic rings. The van der Waals surface area contributed by atoms with Gasteiger partial charge in [0.25, 0.3) is 0 Å². The van der Waals surface area contributed by atoms with Gasteiger partial charge in [0, 0.05) is 38.1 Å². The molecule has 0 bridgehead atoms. The molecule has 0 aromatic heterocycles. The molecule has 0 amide bonds. The summed E-state index contributed by atoms with van der Waals surface area (Å²) in [4.78, 5) is 4.99. The van der Waals surface area contributed by atoms with Crippen LogP contribution in [0, 0.1) is 5.92 Å². The molecule has 0 radical (unpaired) electrons. The Morgan fingerprint density at radius 1 is 1.25 bits per heavy atom. The van der Waals surface area contributed by atoms with Gasteiger partial charge in [0.05, 0.1) is 0 Å². The number of hydrogen-bond donors (Lipinski definition) is 0. The summed E-state index contributed by atoms with van der Waals surface area (Å²) in [6.07, 6.45) is 3.43. The summed E-state index contributed by atoms with van der Waals surface area (Å²) >= 11 is 6.16. The molecule has 1 aliphatic carbocycles. The van der Waals surface area contributed by atoms with E-state index in [4.69, 9.17) is 11.6 Å². The lowest BCUT2D eigenvalue weighted by molar-refractivity contribution is 0.137. The number of piperazine rings is 1. The molecule has 0 aromatic carbocycles. The van der Waals surface area contributed by atoms with Crippen LogP contribution < -0.4 is 0 Å². The van der Waals surface area contributed by atoms with Gasteiger partial charge in [-0.1, -0.05) is 12.2 Å². The van der Waals surface area contributed by atoms with Crippen molar-refractivity contribution in [3.05, 3.63) is 12.2 Å². The third-order valence-electron chi connectivity index (χ3n) is 3.96. The lowest BCUT2D eigenvalue weighted by Gasteiger charge is -2.37. The average molecular weight is 243 g/mol. The fourth-order valence-electron chi connectivity index (χ4n) is 2.70. The van der Waals surface area contributed by atoms with Crippen LogP contribution in [0.15, 0.2) is 12.2 Å². The SMILES string of the molecule is C=C1CC(Cl)CCC1CN1CCN(C)CC1. The second-order valence-electron chi connectivity index (χ2n) is 5.34. The van der Waals surface area contributed by atoms with E-state index in [1.165, 1.54) is 51.1 Å². The summed E-state index contributed by atoms with van der Waals surface area (Å²) in [5.74, 6) is 0.693. The molecule has 1 saturated carbocycles. The molecule has 2 unspecified atom stereocenters. The summed E-state index contributed by atoms with van der Waals surface area (Å²) < 4.78 is 0. The van der Waals surface area contributed by atoms with Gasteiger partial charge in [-0.05, 0) is 32.2 Å². The molecular formula is C13H23ClN2. The molecule has 2 fully saturated rings. The first kappa shape index (κ1) is 12.4. The van der Waals surface area contributed by atoms with Crippen LogP contribution in [-0.4, -0.2) is 54.9 Å². The summed E-state index contributed by atoms with van der Waals surface area (Å²) in [6.45, 7) is 10.2. The minimum Gasteiger partial charge on any atom is -0.304 e. The van der Waals surface area contributed by atoms with E-state index in [9.17, 15) is 0 Å². The molecule has 2 aliphatic rings. The Kier molecular flexibility index (Phi) is 4.28. The average Bonchev–Trinajstić information content (AvgIpc) is 2.25. The predicted molar refractivity (Wildman–Crippen MR) is 70.1 cm³/mol. The van der Waals surface area contributed by atoms with Crippen LogP contribution in [0.5, 0.6) is 0 Å². The van der Waals surface area contributed by atoms with Gasteiger partial charge in [-0.15, -0.1) is 11.6 Å². The van der Waals surface area contributed by atoms with Crippen molar-refractivity contribution in [3.63, 3.8) is 0 Å². The summed E-state index contributed by atoms with van der Waals surface area (Å²) in [5, 5.41) is 0.344. The number of likely N-dealkylation sites (N-methyl/N-ethyl adjacent to an activating group) is 1. The highest BCUT2D eigenvalue weighted by Crippen LogP contribution is 2.31. The van der Waals surface area contributed by atoms with E-state index in [0.717, 1.165) is 6.42 Å². The predicted octanol–water partition coefficient (Wildman–Crippen LogP) is 2.20. The quantitative estimate of drug-likeness (QED) is 0.541. The minimum absolute atomic E-state index is 0.344. The number of nitrogens with zero attached hydrogens (tertiary/aromatic N) is 2. The van der Waals surface area contributed by atoms with Crippen molar-refractivity contribution in [3.8, 4) is 0 Å². The van der Waals surface area contributed by atoms with Crippen LogP contribution in [0.25, 0.3) is 0 Å². The second kappa shape index (κ2) is 5.52. The third kappa shape index (κ3) is 3.22. The fourth-order valence-corrected chi connectivity index (χ4v) is 3.03. The monoisotopic (exact) mass is 242 g/mol. The van der Waals surface area contributed by atoms with E-state index in [1.54, 1.807) is 0 Å². The number of alkyl halides is 1. The molecule has 3 heteroatoms. The molecule has 1 heterocycles. The highest BCUT2D eigenvalue weighted by molar-refractivity contribution is 6.20. The van der Waals surface area contributed by atoms with Crippen molar-refractivity contribution in [2.75, 3.05) is 39.8 Å². The van der Waals surface area contributed by atoms with Gasteiger partial charge in [-0.3, -0.25) is 0 Å². The van der Waals surface area contributed by atoms with E-state index in [-0.39, 0.29) is 0 Å². The van der Waals surface area contributed by atoms with Crippen molar-refractivity contribution in [1.82, 2.24) is 9.80 Å². The Balaban J connectivity index is 1.79. The molecular weight excluding hydrogens is 220 g/mol. The Labute approximate surface area is 104 Å². The van der Waals surface area contributed by atoms with Gasteiger partial charge in [0.1, 0.15) is 0 Å². The summed E-state index contributed by atoms with van der Waals surface area (Å²) in [6, 6.07) is 0. The van der Waals surface area contributed by atoms with Crippen LogP contribution in [0.3, 0.4) is 0 Å². The van der Waals surface area contributed by atoms with Crippen LogP contribution >= 0.6 is 11.6 Å². The Hall–Kier alpha value is -0.0500. The molecule has 2 nitrogen and oxygen atoms in total. The third-order valence-corrected chi connectivity index (χ3v) is 4.34. The van der Waals surface area contributed by atoms with Gasteiger partial charge in [0.15, 0.2) is 0 Å².